The average Bonchev–Trinajstić information content (AvgIpc) is 3.19. The molecule has 5 heteroatoms. The summed E-state index contributed by atoms with van der Waals surface area (Å²) in [5, 5.41) is 9.89. The Balaban J connectivity index is 0.00000256. The molecule has 162 valence electrons. The van der Waals surface area contributed by atoms with E-state index in [2.05, 4.69) is 31.2 Å². The number of amides is 1. The topological polar surface area (TPSA) is 57.6 Å². The molecule has 30 heavy (non-hydrogen) atoms. The van der Waals surface area contributed by atoms with Gasteiger partial charge in [-0.15, -0.1) is 11.3 Å². The van der Waals surface area contributed by atoms with E-state index in [4.69, 9.17) is 0 Å². The third-order valence-electron chi connectivity index (χ3n) is 6.50. The number of aryl methyl sites for hydroxylation is 1. The van der Waals surface area contributed by atoms with Crippen molar-refractivity contribution < 1.29 is 14.7 Å². The van der Waals surface area contributed by atoms with E-state index in [1.165, 1.54) is 36.2 Å². The van der Waals surface area contributed by atoms with Crippen molar-refractivity contribution in [3.05, 3.63) is 40.8 Å². The summed E-state index contributed by atoms with van der Waals surface area (Å²) in [6, 6.07) is 10.4. The van der Waals surface area contributed by atoms with E-state index < -0.39 is 5.97 Å². The Morgan fingerprint density at radius 1 is 1.10 bits per heavy atom. The Labute approximate surface area is 183 Å². The van der Waals surface area contributed by atoms with Crippen molar-refractivity contribution in [3.63, 3.8) is 0 Å². The smallest absolute Gasteiger partial charge is 0.348 e. The summed E-state index contributed by atoms with van der Waals surface area (Å²) in [6.45, 7) is 2.12. The number of anilines is 1. The van der Waals surface area contributed by atoms with Crippen molar-refractivity contribution in [2.45, 2.75) is 78.2 Å². The first-order chi connectivity index (χ1) is 14.1. The summed E-state index contributed by atoms with van der Waals surface area (Å²) >= 11 is 1.29. The highest BCUT2D eigenvalue weighted by Gasteiger charge is 2.38. The zero-order valence-electron chi connectivity index (χ0n) is 17.0. The molecule has 1 unspecified atom stereocenters. The molecule has 1 amide bonds. The summed E-state index contributed by atoms with van der Waals surface area (Å²) < 4.78 is 0. The lowest BCUT2D eigenvalue weighted by Gasteiger charge is -2.41. The fraction of sp³-hybridized carbons (Fsp3) is 0.520. The van der Waals surface area contributed by atoms with Crippen LogP contribution in [0.1, 0.15) is 81.0 Å². The lowest BCUT2D eigenvalue weighted by atomic mass is 9.79. The van der Waals surface area contributed by atoms with Crippen molar-refractivity contribution in [1.29, 1.82) is 0 Å². The maximum Gasteiger partial charge on any atom is 0.348 e. The number of carboxylic acids is 1. The molecule has 1 atom stereocenters. The molecule has 0 spiro atoms. The van der Waals surface area contributed by atoms with Gasteiger partial charge in [0, 0.05) is 17.3 Å². The van der Waals surface area contributed by atoms with Gasteiger partial charge in [-0.1, -0.05) is 57.9 Å². The number of carbonyl (C=O) groups excluding carboxylic acids is 1. The molecule has 1 saturated carbocycles. The molecule has 0 radical (unpaired) electrons. The maximum atomic E-state index is 13.0. The highest BCUT2D eigenvalue weighted by molar-refractivity contribution is 7.18. The lowest BCUT2D eigenvalue weighted by Crippen LogP contribution is -2.48. The molecule has 4 rings (SSSR count). The van der Waals surface area contributed by atoms with Crippen LogP contribution in [0.5, 0.6) is 0 Å². The van der Waals surface area contributed by atoms with Crippen molar-refractivity contribution >= 4 is 28.9 Å². The number of piperidine rings is 1. The van der Waals surface area contributed by atoms with Gasteiger partial charge in [-0.05, 0) is 55.2 Å². The summed E-state index contributed by atoms with van der Waals surface area (Å²) in [5.74, 6) is -0.371. The van der Waals surface area contributed by atoms with Gasteiger partial charge in [-0.25, -0.2) is 4.79 Å². The Morgan fingerprint density at radius 2 is 1.80 bits per heavy atom. The van der Waals surface area contributed by atoms with Crippen molar-refractivity contribution in [3.8, 4) is 10.4 Å². The molecule has 4 nitrogen and oxygen atoms in total. The molecular formula is C25H33NO3S. The van der Waals surface area contributed by atoms with Gasteiger partial charge in [0.15, 0.2) is 0 Å². The number of nitrogens with zero attached hydrogens (tertiary/aromatic N) is 1. The van der Waals surface area contributed by atoms with E-state index in [0.717, 1.165) is 42.5 Å². The van der Waals surface area contributed by atoms with Crippen LogP contribution in [-0.4, -0.2) is 23.0 Å². The van der Waals surface area contributed by atoms with Gasteiger partial charge in [-0.3, -0.25) is 4.79 Å². The minimum absolute atomic E-state index is 0. The number of carbonyl (C=O) groups is 2. The van der Waals surface area contributed by atoms with Gasteiger partial charge in [0.2, 0.25) is 5.91 Å². The first kappa shape index (κ1) is 22.5. The predicted molar refractivity (Wildman–Crippen MR) is 125 cm³/mol. The number of thiophene rings is 1. The fourth-order valence-corrected chi connectivity index (χ4v) is 5.93. The minimum atomic E-state index is -0.942. The molecule has 2 aromatic rings. The van der Waals surface area contributed by atoms with Gasteiger partial charge in [-0.2, -0.15) is 0 Å². The number of hydrogen-bond donors (Lipinski definition) is 1. The predicted octanol–water partition coefficient (Wildman–Crippen LogP) is 6.78. The molecule has 2 aliphatic rings. The highest BCUT2D eigenvalue weighted by atomic mass is 32.1. The molecule has 1 N–H and O–H groups in total. The van der Waals surface area contributed by atoms with Crippen LogP contribution in [0.3, 0.4) is 0 Å². The summed E-state index contributed by atoms with van der Waals surface area (Å²) in [4.78, 5) is 28.1. The molecule has 1 aliphatic carbocycles. The van der Waals surface area contributed by atoms with E-state index in [9.17, 15) is 14.7 Å². The van der Waals surface area contributed by atoms with Crippen LogP contribution in [0.2, 0.25) is 0 Å². The quantitative estimate of drug-likeness (QED) is 0.572. The second kappa shape index (κ2) is 9.78. The van der Waals surface area contributed by atoms with Gasteiger partial charge < -0.3 is 10.0 Å². The molecule has 1 aromatic carbocycles. The monoisotopic (exact) mass is 427 g/mol. The van der Waals surface area contributed by atoms with E-state index >= 15 is 0 Å². The van der Waals surface area contributed by atoms with Gasteiger partial charge >= 0.3 is 5.97 Å². The Morgan fingerprint density at radius 3 is 2.43 bits per heavy atom. The number of benzene rings is 1. The normalized spacial score (nSPS) is 20.1. The zero-order chi connectivity index (χ0) is 20.4. The zero-order valence-corrected chi connectivity index (χ0v) is 17.8. The van der Waals surface area contributed by atoms with Crippen LogP contribution >= 0.6 is 11.3 Å². The lowest BCUT2D eigenvalue weighted by molar-refractivity contribution is -0.120. The van der Waals surface area contributed by atoms with E-state index in [1.807, 2.05) is 11.0 Å². The van der Waals surface area contributed by atoms with Crippen molar-refractivity contribution in [2.75, 3.05) is 4.90 Å². The van der Waals surface area contributed by atoms with Crippen LogP contribution in [0, 0.1) is 5.92 Å². The average molecular weight is 428 g/mol. The molecule has 1 saturated heterocycles. The number of rotatable bonds is 5. The molecule has 0 bridgehead atoms. The van der Waals surface area contributed by atoms with Crippen LogP contribution in [0.25, 0.3) is 10.4 Å². The van der Waals surface area contributed by atoms with Crippen LogP contribution in [0.4, 0.5) is 5.69 Å². The molecular weight excluding hydrogens is 394 g/mol. The third-order valence-corrected chi connectivity index (χ3v) is 7.66. The van der Waals surface area contributed by atoms with E-state index in [1.54, 1.807) is 0 Å². The molecule has 1 aliphatic heterocycles. The summed E-state index contributed by atoms with van der Waals surface area (Å²) in [6.07, 6.45) is 9.37. The number of aromatic carboxylic acids is 1. The third kappa shape index (κ3) is 4.46. The van der Waals surface area contributed by atoms with Crippen LogP contribution in [-0.2, 0) is 11.2 Å². The van der Waals surface area contributed by atoms with E-state index in [-0.39, 0.29) is 24.3 Å². The second-order valence-corrected chi connectivity index (χ2v) is 9.35. The van der Waals surface area contributed by atoms with Gasteiger partial charge in [0.05, 0.1) is 5.69 Å². The minimum Gasteiger partial charge on any atom is -0.477 e. The second-order valence-electron chi connectivity index (χ2n) is 8.30. The standard InChI is InChI=1S/C24H29NO3S.CH4/c1-2-16-11-13-18(14-12-16)21-15-20(23(29-21)24(27)28)25-19(9-6-10-22(25)26)17-7-4-3-5-8-17;/h11-15,17,19H,2-10H2,1H3,(H,27,28);1H4. The Kier molecular flexibility index (Phi) is 7.35. The van der Waals surface area contributed by atoms with Crippen LogP contribution < -0.4 is 4.90 Å². The molecule has 2 fully saturated rings. The maximum absolute atomic E-state index is 13.0. The number of carboxylic acid groups (broad SMARTS) is 1. The Hall–Kier alpha value is -2.14. The first-order valence-electron chi connectivity index (χ1n) is 10.9. The van der Waals surface area contributed by atoms with E-state index in [0.29, 0.717) is 18.0 Å². The highest BCUT2D eigenvalue weighted by Crippen LogP contribution is 2.42. The number of hydrogen-bond acceptors (Lipinski definition) is 3. The summed E-state index contributed by atoms with van der Waals surface area (Å²) in [7, 11) is 0. The fourth-order valence-electron chi connectivity index (χ4n) is 4.94. The summed E-state index contributed by atoms with van der Waals surface area (Å²) in [5.41, 5.74) is 2.88. The Bertz CT molecular complexity index is 880. The van der Waals surface area contributed by atoms with Crippen LogP contribution in [0.15, 0.2) is 30.3 Å². The van der Waals surface area contributed by atoms with Crippen molar-refractivity contribution in [1.82, 2.24) is 0 Å². The van der Waals surface area contributed by atoms with Gasteiger partial charge in [0.25, 0.3) is 0 Å². The SMILES string of the molecule is C.CCc1ccc(-c2cc(N3C(=O)CCCC3C3CCCCC3)c(C(=O)O)s2)cc1. The first-order valence-corrected chi connectivity index (χ1v) is 11.7. The largest absolute Gasteiger partial charge is 0.477 e. The van der Waals surface area contributed by atoms with Gasteiger partial charge in [0.1, 0.15) is 4.88 Å². The van der Waals surface area contributed by atoms with Crippen molar-refractivity contribution in [2.24, 2.45) is 5.92 Å². The molecule has 1 aromatic heterocycles. The molecule has 2 heterocycles.